The number of rotatable bonds is 3. The first-order valence-corrected chi connectivity index (χ1v) is 9.87. The first-order chi connectivity index (χ1) is 11.9. The summed E-state index contributed by atoms with van der Waals surface area (Å²) in [5, 5.41) is 7.67. The van der Waals surface area contributed by atoms with Crippen LogP contribution >= 0.6 is 0 Å². The summed E-state index contributed by atoms with van der Waals surface area (Å²) in [6.07, 6.45) is 4.38. The molecule has 0 radical (unpaired) electrons. The lowest BCUT2D eigenvalue weighted by atomic mass is 10.1. The second-order valence-electron chi connectivity index (χ2n) is 6.23. The Labute approximate surface area is 145 Å². The van der Waals surface area contributed by atoms with Gasteiger partial charge in [0.05, 0.1) is 36.5 Å². The van der Waals surface area contributed by atoms with Crippen molar-refractivity contribution in [1.82, 2.24) is 19.2 Å². The van der Waals surface area contributed by atoms with Crippen LogP contribution in [0.2, 0.25) is 0 Å². The van der Waals surface area contributed by atoms with E-state index >= 15 is 0 Å². The maximum absolute atomic E-state index is 12.1. The standard InChI is InChI=1S/C16H19N5O3S/c1-11-10-24-8-7-20(11)15-9-14(13-3-5-17-19-13)18-16-12(15)4-6-21(16)25(2,22)23/h3-6,9,11H,7-8,10H2,1-2H3,(H,17,19). The van der Waals surface area contributed by atoms with Gasteiger partial charge in [-0.05, 0) is 25.1 Å². The molecule has 132 valence electrons. The fraction of sp³-hybridized carbons (Fsp3) is 0.375. The first kappa shape index (κ1) is 16.1. The van der Waals surface area contributed by atoms with Crippen LogP contribution in [0.15, 0.2) is 30.6 Å². The Morgan fingerprint density at radius 1 is 1.36 bits per heavy atom. The molecular formula is C16H19N5O3S. The average molecular weight is 361 g/mol. The molecule has 1 fully saturated rings. The highest BCUT2D eigenvalue weighted by molar-refractivity contribution is 7.89. The fourth-order valence-corrected chi connectivity index (χ4v) is 3.93. The van der Waals surface area contributed by atoms with Gasteiger partial charge in [0.15, 0.2) is 5.65 Å². The third kappa shape index (κ3) is 2.79. The molecule has 1 unspecified atom stereocenters. The predicted molar refractivity (Wildman–Crippen MR) is 95.2 cm³/mol. The zero-order valence-corrected chi connectivity index (χ0v) is 14.8. The predicted octanol–water partition coefficient (Wildman–Crippen LogP) is 1.46. The van der Waals surface area contributed by atoms with Crippen LogP contribution in [0, 0.1) is 0 Å². The molecule has 0 aliphatic carbocycles. The van der Waals surface area contributed by atoms with Crippen LogP contribution in [0.5, 0.6) is 0 Å². The molecule has 0 spiro atoms. The summed E-state index contributed by atoms with van der Waals surface area (Å²) in [6, 6.07) is 5.78. The van der Waals surface area contributed by atoms with Crippen molar-refractivity contribution in [2.45, 2.75) is 13.0 Å². The summed E-state index contributed by atoms with van der Waals surface area (Å²) in [5.41, 5.74) is 2.77. The molecule has 1 aliphatic rings. The molecule has 1 N–H and O–H groups in total. The van der Waals surface area contributed by atoms with Crippen molar-refractivity contribution in [3.05, 3.63) is 30.6 Å². The minimum Gasteiger partial charge on any atom is -0.377 e. The lowest BCUT2D eigenvalue weighted by Gasteiger charge is -2.35. The summed E-state index contributed by atoms with van der Waals surface area (Å²) in [4.78, 5) is 6.82. The van der Waals surface area contributed by atoms with Gasteiger partial charge in [-0.15, -0.1) is 0 Å². The molecule has 0 amide bonds. The summed E-state index contributed by atoms with van der Waals surface area (Å²) in [7, 11) is -3.45. The Morgan fingerprint density at radius 3 is 2.88 bits per heavy atom. The van der Waals surface area contributed by atoms with Gasteiger partial charge in [-0.3, -0.25) is 5.10 Å². The molecule has 8 nitrogen and oxygen atoms in total. The fourth-order valence-electron chi connectivity index (χ4n) is 3.20. The van der Waals surface area contributed by atoms with E-state index in [0.717, 1.165) is 23.3 Å². The van der Waals surface area contributed by atoms with Crippen LogP contribution in [-0.2, 0) is 14.8 Å². The number of pyridine rings is 1. The minimum atomic E-state index is -3.45. The monoisotopic (exact) mass is 361 g/mol. The maximum Gasteiger partial charge on any atom is 0.237 e. The molecule has 0 bridgehead atoms. The quantitative estimate of drug-likeness (QED) is 0.759. The van der Waals surface area contributed by atoms with Crippen molar-refractivity contribution in [3.63, 3.8) is 0 Å². The summed E-state index contributed by atoms with van der Waals surface area (Å²) in [6.45, 7) is 4.11. The number of anilines is 1. The Kier molecular flexibility index (Phi) is 3.77. The first-order valence-electron chi connectivity index (χ1n) is 8.02. The zero-order chi connectivity index (χ0) is 17.6. The van der Waals surface area contributed by atoms with E-state index in [1.807, 2.05) is 12.1 Å². The van der Waals surface area contributed by atoms with Crippen LogP contribution in [0.25, 0.3) is 22.4 Å². The topological polar surface area (TPSA) is 93.1 Å². The number of aromatic amines is 1. The van der Waals surface area contributed by atoms with E-state index in [9.17, 15) is 8.42 Å². The molecule has 1 atom stereocenters. The van der Waals surface area contributed by atoms with Gasteiger partial charge in [-0.25, -0.2) is 17.4 Å². The van der Waals surface area contributed by atoms with E-state index in [2.05, 4.69) is 27.0 Å². The van der Waals surface area contributed by atoms with Crippen LogP contribution in [0.3, 0.4) is 0 Å². The minimum absolute atomic E-state index is 0.190. The van der Waals surface area contributed by atoms with Crippen molar-refractivity contribution in [2.24, 2.45) is 0 Å². The normalized spacial score (nSPS) is 18.8. The van der Waals surface area contributed by atoms with E-state index < -0.39 is 10.0 Å². The number of nitrogens with zero attached hydrogens (tertiary/aromatic N) is 4. The van der Waals surface area contributed by atoms with Gasteiger partial charge < -0.3 is 9.64 Å². The molecular weight excluding hydrogens is 342 g/mol. The smallest absolute Gasteiger partial charge is 0.237 e. The molecule has 25 heavy (non-hydrogen) atoms. The van der Waals surface area contributed by atoms with Crippen molar-refractivity contribution in [2.75, 3.05) is 30.9 Å². The molecule has 3 aromatic heterocycles. The number of morpholine rings is 1. The SMILES string of the molecule is CC1COCCN1c1cc(-c2ccn[nH]2)nc2c1ccn2S(C)(=O)=O. The number of fused-ring (bicyclic) bond motifs is 1. The van der Waals surface area contributed by atoms with E-state index in [0.29, 0.717) is 24.6 Å². The highest BCUT2D eigenvalue weighted by atomic mass is 32.2. The largest absolute Gasteiger partial charge is 0.377 e. The lowest BCUT2D eigenvalue weighted by molar-refractivity contribution is 0.0991. The molecule has 1 saturated heterocycles. The Bertz CT molecular complexity index is 1010. The molecule has 1 aliphatic heterocycles. The van der Waals surface area contributed by atoms with Crippen molar-refractivity contribution in [3.8, 4) is 11.4 Å². The van der Waals surface area contributed by atoms with Gasteiger partial charge in [0, 0.05) is 30.4 Å². The molecule has 3 aromatic rings. The average Bonchev–Trinajstić information content (AvgIpc) is 3.23. The third-order valence-electron chi connectivity index (χ3n) is 4.41. The number of aromatic nitrogens is 4. The number of ether oxygens (including phenoxy) is 1. The van der Waals surface area contributed by atoms with Gasteiger partial charge in [0.2, 0.25) is 10.0 Å². The van der Waals surface area contributed by atoms with Crippen LogP contribution in [0.4, 0.5) is 5.69 Å². The molecule has 0 saturated carbocycles. The van der Waals surface area contributed by atoms with Crippen molar-refractivity contribution >= 4 is 26.7 Å². The zero-order valence-electron chi connectivity index (χ0n) is 14.0. The van der Waals surface area contributed by atoms with Gasteiger partial charge in [0.1, 0.15) is 0 Å². The summed E-state index contributed by atoms with van der Waals surface area (Å²) < 4.78 is 31.0. The second-order valence-corrected chi connectivity index (χ2v) is 8.09. The maximum atomic E-state index is 12.1. The van der Waals surface area contributed by atoms with Crippen LogP contribution < -0.4 is 4.90 Å². The van der Waals surface area contributed by atoms with Gasteiger partial charge in [0.25, 0.3) is 0 Å². The third-order valence-corrected chi connectivity index (χ3v) is 5.42. The van der Waals surface area contributed by atoms with Crippen LogP contribution in [0.1, 0.15) is 6.92 Å². The Hall–Kier alpha value is -2.39. The van der Waals surface area contributed by atoms with Crippen molar-refractivity contribution in [1.29, 1.82) is 0 Å². The number of H-pyrrole nitrogens is 1. The molecule has 9 heteroatoms. The summed E-state index contributed by atoms with van der Waals surface area (Å²) in [5.74, 6) is 0. The lowest BCUT2D eigenvalue weighted by Crippen LogP contribution is -2.43. The van der Waals surface area contributed by atoms with Crippen molar-refractivity contribution < 1.29 is 13.2 Å². The Balaban J connectivity index is 1.99. The molecule has 4 rings (SSSR count). The number of hydrogen-bond donors (Lipinski definition) is 1. The highest BCUT2D eigenvalue weighted by Crippen LogP contribution is 2.33. The van der Waals surface area contributed by atoms with Gasteiger partial charge >= 0.3 is 0 Å². The van der Waals surface area contributed by atoms with E-state index in [-0.39, 0.29) is 6.04 Å². The van der Waals surface area contributed by atoms with Gasteiger partial charge in [-0.2, -0.15) is 5.10 Å². The van der Waals surface area contributed by atoms with Gasteiger partial charge in [-0.1, -0.05) is 0 Å². The van der Waals surface area contributed by atoms with E-state index in [4.69, 9.17) is 4.74 Å². The molecule has 4 heterocycles. The Morgan fingerprint density at radius 2 is 2.20 bits per heavy atom. The van der Waals surface area contributed by atoms with E-state index in [1.165, 1.54) is 10.2 Å². The second kappa shape index (κ2) is 5.85. The number of nitrogens with one attached hydrogen (secondary N) is 1. The van der Waals surface area contributed by atoms with E-state index in [1.54, 1.807) is 18.5 Å². The number of hydrogen-bond acceptors (Lipinski definition) is 6. The molecule has 0 aromatic carbocycles. The highest BCUT2D eigenvalue weighted by Gasteiger charge is 2.24. The van der Waals surface area contributed by atoms with Crippen LogP contribution in [-0.4, -0.2) is 59.6 Å². The summed E-state index contributed by atoms with van der Waals surface area (Å²) >= 11 is 0.